The van der Waals surface area contributed by atoms with Crippen molar-refractivity contribution in [2.24, 2.45) is 0 Å². The van der Waals surface area contributed by atoms with Gasteiger partial charge in [0.15, 0.2) is 0 Å². The quantitative estimate of drug-likeness (QED) is 0.368. The van der Waals surface area contributed by atoms with Crippen LogP contribution in [0.3, 0.4) is 0 Å². The minimum Gasteiger partial charge on any atom is -0.328 e. The van der Waals surface area contributed by atoms with Gasteiger partial charge in [-0.25, -0.2) is 0 Å². The number of nitro groups is 1. The van der Waals surface area contributed by atoms with E-state index in [0.717, 1.165) is 11.1 Å². The van der Waals surface area contributed by atoms with Crippen LogP contribution in [0.4, 0.5) is 5.69 Å². The number of carbonyl (C=O) groups excluding carboxylic acids is 2. The van der Waals surface area contributed by atoms with E-state index < -0.39 is 11.1 Å². The van der Waals surface area contributed by atoms with Crippen LogP contribution in [0.2, 0.25) is 0 Å². The van der Waals surface area contributed by atoms with Gasteiger partial charge in [0.2, 0.25) is 0 Å². The van der Waals surface area contributed by atoms with Gasteiger partial charge in [0.05, 0.1) is 4.92 Å². The van der Waals surface area contributed by atoms with Crippen molar-refractivity contribution < 1.29 is 14.5 Å². The summed E-state index contributed by atoms with van der Waals surface area (Å²) in [6, 6.07) is 19.7. The highest BCUT2D eigenvalue weighted by Gasteiger charge is 2.20. The summed E-state index contributed by atoms with van der Waals surface area (Å²) in [5.74, 6) is -0.745. The third-order valence-corrected chi connectivity index (χ3v) is 4.62. The lowest BCUT2D eigenvalue weighted by atomic mass is 10.1. The monoisotopic (exact) mass is 403 g/mol. The topological polar surface area (TPSA) is 101 Å². The molecule has 0 fully saturated rings. The highest BCUT2D eigenvalue weighted by atomic mass is 16.6. The number of nitrogens with zero attached hydrogens (tertiary/aromatic N) is 1. The van der Waals surface area contributed by atoms with Gasteiger partial charge in [-0.15, -0.1) is 0 Å². The molecule has 0 atom stereocenters. The Morgan fingerprint density at radius 3 is 1.50 bits per heavy atom. The van der Waals surface area contributed by atoms with E-state index in [4.69, 9.17) is 0 Å². The number of hydrogen-bond acceptors (Lipinski definition) is 4. The number of carbonyl (C=O) groups is 2. The predicted molar refractivity (Wildman–Crippen MR) is 113 cm³/mol. The number of aryl methyl sites for hydroxylation is 2. The largest absolute Gasteiger partial charge is 0.328 e. The lowest BCUT2D eigenvalue weighted by molar-refractivity contribution is -0.384. The first-order valence-electron chi connectivity index (χ1n) is 9.33. The molecule has 0 unspecified atom stereocenters. The molecule has 3 rings (SSSR count). The van der Waals surface area contributed by atoms with Gasteiger partial charge < -0.3 is 10.6 Å². The van der Waals surface area contributed by atoms with Crippen molar-refractivity contribution in [1.82, 2.24) is 10.6 Å². The summed E-state index contributed by atoms with van der Waals surface area (Å²) in [6.45, 7) is 3.84. The fourth-order valence-electron chi connectivity index (χ4n) is 2.83. The maximum Gasteiger partial charge on any atom is 0.269 e. The van der Waals surface area contributed by atoms with Crippen LogP contribution >= 0.6 is 0 Å². The Hall–Kier alpha value is -4.00. The zero-order chi connectivity index (χ0) is 21.7. The second-order valence-electron chi connectivity index (χ2n) is 6.96. The highest BCUT2D eigenvalue weighted by Crippen LogP contribution is 2.18. The second-order valence-corrected chi connectivity index (χ2v) is 6.96. The van der Waals surface area contributed by atoms with Gasteiger partial charge in [0.25, 0.3) is 17.5 Å². The van der Waals surface area contributed by atoms with E-state index in [1.54, 1.807) is 24.3 Å². The Labute approximate surface area is 173 Å². The van der Waals surface area contributed by atoms with E-state index in [0.29, 0.717) is 16.7 Å². The Balaban J connectivity index is 1.86. The molecule has 0 aliphatic rings. The summed E-state index contributed by atoms with van der Waals surface area (Å²) in [5.41, 5.74) is 3.36. The smallest absolute Gasteiger partial charge is 0.269 e. The van der Waals surface area contributed by atoms with Crippen molar-refractivity contribution in [3.05, 3.63) is 111 Å². The fourth-order valence-corrected chi connectivity index (χ4v) is 2.83. The summed E-state index contributed by atoms with van der Waals surface area (Å²) < 4.78 is 0. The molecule has 7 heteroatoms. The zero-order valence-corrected chi connectivity index (χ0v) is 16.6. The number of hydrogen-bond donors (Lipinski definition) is 2. The Morgan fingerprint density at radius 2 is 1.13 bits per heavy atom. The first-order valence-corrected chi connectivity index (χ1v) is 9.33. The number of nitro benzene ring substituents is 1. The van der Waals surface area contributed by atoms with E-state index in [1.807, 2.05) is 38.1 Å². The molecule has 0 aliphatic carbocycles. The predicted octanol–water partition coefficient (Wildman–Crippen LogP) is 4.07. The normalized spacial score (nSPS) is 10.5. The lowest BCUT2D eigenvalue weighted by Crippen LogP contribution is -2.41. The van der Waals surface area contributed by atoms with E-state index >= 15 is 0 Å². The number of nitrogens with one attached hydrogen (secondary N) is 2. The molecular formula is C23H21N3O4. The second kappa shape index (κ2) is 9.00. The van der Waals surface area contributed by atoms with E-state index in [9.17, 15) is 19.7 Å². The van der Waals surface area contributed by atoms with Crippen LogP contribution < -0.4 is 10.6 Å². The third kappa shape index (κ3) is 5.08. The molecule has 0 saturated heterocycles. The Kier molecular flexibility index (Phi) is 6.22. The molecular weight excluding hydrogens is 382 g/mol. The van der Waals surface area contributed by atoms with Crippen LogP contribution in [0.5, 0.6) is 0 Å². The number of amides is 2. The number of benzene rings is 3. The summed E-state index contributed by atoms with van der Waals surface area (Å²) in [4.78, 5) is 35.8. The average molecular weight is 403 g/mol. The van der Waals surface area contributed by atoms with Crippen LogP contribution in [0.25, 0.3) is 0 Å². The van der Waals surface area contributed by atoms with Crippen molar-refractivity contribution >= 4 is 17.5 Å². The van der Waals surface area contributed by atoms with Gasteiger partial charge in [-0.3, -0.25) is 19.7 Å². The molecule has 30 heavy (non-hydrogen) atoms. The number of rotatable bonds is 6. The highest BCUT2D eigenvalue weighted by molar-refractivity contribution is 5.96. The molecule has 7 nitrogen and oxygen atoms in total. The molecule has 3 aromatic rings. The third-order valence-electron chi connectivity index (χ3n) is 4.62. The Morgan fingerprint density at radius 1 is 0.733 bits per heavy atom. The van der Waals surface area contributed by atoms with Crippen molar-refractivity contribution in [2.45, 2.75) is 20.0 Å². The fraction of sp³-hybridized carbons (Fsp3) is 0.130. The van der Waals surface area contributed by atoms with E-state index in [2.05, 4.69) is 10.6 Å². The maximum absolute atomic E-state index is 12.7. The molecule has 0 aliphatic heterocycles. The van der Waals surface area contributed by atoms with Crippen LogP contribution in [-0.4, -0.2) is 16.7 Å². The molecule has 2 amide bonds. The summed E-state index contributed by atoms with van der Waals surface area (Å²) >= 11 is 0. The summed E-state index contributed by atoms with van der Waals surface area (Å²) in [6.07, 6.45) is -0.867. The standard InChI is InChI=1S/C23H21N3O4/c1-15-3-7-18(8-4-15)22(27)24-21(17-11-13-20(14-12-17)26(29)30)25-23(28)19-9-5-16(2)6-10-19/h3-14,21H,1-2H3,(H,24,27)(H,25,28). The van der Waals surface area contributed by atoms with Crippen LogP contribution in [0.15, 0.2) is 72.8 Å². The van der Waals surface area contributed by atoms with Crippen molar-refractivity contribution in [3.63, 3.8) is 0 Å². The first-order chi connectivity index (χ1) is 14.3. The molecule has 3 aromatic carbocycles. The molecule has 0 saturated carbocycles. The van der Waals surface area contributed by atoms with Crippen LogP contribution in [0, 0.1) is 24.0 Å². The van der Waals surface area contributed by atoms with E-state index in [1.165, 1.54) is 24.3 Å². The Bertz CT molecular complexity index is 1000. The molecule has 0 radical (unpaired) electrons. The number of non-ortho nitro benzene ring substituents is 1. The first kappa shape index (κ1) is 20.7. The average Bonchev–Trinajstić information content (AvgIpc) is 2.74. The van der Waals surface area contributed by atoms with Crippen LogP contribution in [-0.2, 0) is 0 Å². The van der Waals surface area contributed by atoms with Crippen molar-refractivity contribution in [1.29, 1.82) is 0 Å². The molecule has 0 bridgehead atoms. The summed E-state index contributed by atoms with van der Waals surface area (Å²) in [5, 5.41) is 16.5. The minimum atomic E-state index is -0.867. The van der Waals surface area contributed by atoms with Gasteiger partial charge in [-0.1, -0.05) is 35.4 Å². The molecule has 0 spiro atoms. The van der Waals surface area contributed by atoms with Gasteiger partial charge in [-0.05, 0) is 55.8 Å². The SMILES string of the molecule is Cc1ccc(C(=O)NC(NC(=O)c2ccc(C)cc2)c2ccc([N+](=O)[O-])cc2)cc1. The van der Waals surface area contributed by atoms with Gasteiger partial charge >= 0.3 is 0 Å². The zero-order valence-electron chi connectivity index (χ0n) is 16.6. The van der Waals surface area contributed by atoms with Crippen LogP contribution in [0.1, 0.15) is 43.6 Å². The minimum absolute atomic E-state index is 0.0766. The molecule has 152 valence electrons. The van der Waals surface area contributed by atoms with Crippen molar-refractivity contribution in [2.75, 3.05) is 0 Å². The summed E-state index contributed by atoms with van der Waals surface area (Å²) in [7, 11) is 0. The lowest BCUT2D eigenvalue weighted by Gasteiger charge is -2.21. The van der Waals surface area contributed by atoms with Gasteiger partial charge in [-0.2, -0.15) is 0 Å². The van der Waals surface area contributed by atoms with Gasteiger partial charge in [0, 0.05) is 23.3 Å². The maximum atomic E-state index is 12.7. The molecule has 0 heterocycles. The van der Waals surface area contributed by atoms with E-state index in [-0.39, 0.29) is 17.5 Å². The van der Waals surface area contributed by atoms with Gasteiger partial charge in [0.1, 0.15) is 6.17 Å². The van der Waals surface area contributed by atoms with Crippen molar-refractivity contribution in [3.8, 4) is 0 Å². The molecule has 0 aromatic heterocycles. The molecule has 2 N–H and O–H groups in total.